The molecule has 0 unspecified atom stereocenters. The molecular formula is C13H13BrFNO3. The molecule has 1 fully saturated rings. The molecule has 2 atom stereocenters. The van der Waals surface area contributed by atoms with E-state index in [2.05, 4.69) is 15.9 Å². The van der Waals surface area contributed by atoms with Gasteiger partial charge in [0.2, 0.25) is 0 Å². The molecule has 1 heterocycles. The molecule has 0 spiro atoms. The minimum absolute atomic E-state index is 0.0346. The van der Waals surface area contributed by atoms with Crippen LogP contribution in [0.2, 0.25) is 0 Å². The van der Waals surface area contributed by atoms with Crippen LogP contribution in [0.5, 0.6) is 0 Å². The van der Waals surface area contributed by atoms with Crippen molar-refractivity contribution in [2.45, 2.75) is 6.92 Å². The zero-order valence-corrected chi connectivity index (χ0v) is 11.9. The van der Waals surface area contributed by atoms with Crippen molar-refractivity contribution >= 4 is 27.8 Å². The van der Waals surface area contributed by atoms with Gasteiger partial charge in [0, 0.05) is 13.1 Å². The van der Waals surface area contributed by atoms with Crippen molar-refractivity contribution < 1.29 is 19.1 Å². The lowest BCUT2D eigenvalue weighted by molar-refractivity contribution is -0.142. The molecule has 0 aliphatic carbocycles. The van der Waals surface area contributed by atoms with Crippen molar-refractivity contribution in [3.05, 3.63) is 34.1 Å². The zero-order valence-electron chi connectivity index (χ0n) is 10.3. The lowest BCUT2D eigenvalue weighted by atomic mass is 9.99. The van der Waals surface area contributed by atoms with Crippen LogP contribution in [0.3, 0.4) is 0 Å². The molecule has 1 N–H and O–H groups in total. The number of hydrogen-bond acceptors (Lipinski definition) is 2. The Bertz CT molecular complexity index is 535. The van der Waals surface area contributed by atoms with E-state index in [0.717, 1.165) is 0 Å². The van der Waals surface area contributed by atoms with Gasteiger partial charge in [-0.1, -0.05) is 13.0 Å². The lowest BCUT2D eigenvalue weighted by Gasteiger charge is -2.16. The summed E-state index contributed by atoms with van der Waals surface area (Å²) in [5.74, 6) is -2.71. The van der Waals surface area contributed by atoms with E-state index in [0.29, 0.717) is 6.54 Å². The number of hydrogen-bond donors (Lipinski definition) is 1. The minimum atomic E-state index is -0.919. The van der Waals surface area contributed by atoms with Gasteiger partial charge >= 0.3 is 5.97 Å². The smallest absolute Gasteiger partial charge is 0.308 e. The van der Waals surface area contributed by atoms with Crippen LogP contribution in [0.4, 0.5) is 4.39 Å². The first-order valence-electron chi connectivity index (χ1n) is 5.88. The van der Waals surface area contributed by atoms with Crippen molar-refractivity contribution in [1.29, 1.82) is 0 Å². The largest absolute Gasteiger partial charge is 0.481 e. The van der Waals surface area contributed by atoms with Gasteiger partial charge in [0.05, 0.1) is 16.0 Å². The highest BCUT2D eigenvalue weighted by Gasteiger charge is 2.37. The molecule has 102 valence electrons. The summed E-state index contributed by atoms with van der Waals surface area (Å²) in [7, 11) is 0. The number of halogens is 2. The average molecular weight is 330 g/mol. The van der Waals surface area contributed by atoms with E-state index in [1.54, 1.807) is 13.0 Å². The molecule has 0 aromatic heterocycles. The van der Waals surface area contributed by atoms with E-state index in [4.69, 9.17) is 5.11 Å². The van der Waals surface area contributed by atoms with Gasteiger partial charge in [-0.05, 0) is 34.0 Å². The van der Waals surface area contributed by atoms with E-state index < -0.39 is 23.6 Å². The number of carbonyl (C=O) groups excluding carboxylic acids is 1. The highest BCUT2D eigenvalue weighted by atomic mass is 79.9. The van der Waals surface area contributed by atoms with Crippen molar-refractivity contribution in [3.63, 3.8) is 0 Å². The third-order valence-electron chi connectivity index (χ3n) is 3.40. The van der Waals surface area contributed by atoms with Crippen molar-refractivity contribution in [2.24, 2.45) is 11.8 Å². The lowest BCUT2D eigenvalue weighted by Crippen LogP contribution is -2.30. The molecule has 1 aromatic carbocycles. The van der Waals surface area contributed by atoms with Crippen molar-refractivity contribution in [2.75, 3.05) is 13.1 Å². The molecule has 1 aliphatic heterocycles. The van der Waals surface area contributed by atoms with Gasteiger partial charge in [0.25, 0.3) is 5.91 Å². The summed E-state index contributed by atoms with van der Waals surface area (Å²) in [6.07, 6.45) is 0. The van der Waals surface area contributed by atoms with Gasteiger partial charge in [-0.25, -0.2) is 4.39 Å². The Labute approximate surface area is 118 Å². The van der Waals surface area contributed by atoms with E-state index >= 15 is 0 Å². The molecule has 2 rings (SSSR count). The van der Waals surface area contributed by atoms with Crippen LogP contribution in [0.15, 0.2) is 22.7 Å². The minimum Gasteiger partial charge on any atom is -0.481 e. The van der Waals surface area contributed by atoms with Crippen LogP contribution in [0.25, 0.3) is 0 Å². The highest BCUT2D eigenvalue weighted by Crippen LogP contribution is 2.26. The highest BCUT2D eigenvalue weighted by molar-refractivity contribution is 9.10. The summed E-state index contributed by atoms with van der Waals surface area (Å²) >= 11 is 3.03. The molecule has 0 radical (unpaired) electrons. The second-order valence-corrected chi connectivity index (χ2v) is 5.59. The number of carbonyl (C=O) groups is 2. The molecule has 0 saturated carbocycles. The number of aliphatic carboxylic acids is 1. The predicted molar refractivity (Wildman–Crippen MR) is 70.3 cm³/mol. The Morgan fingerprint density at radius 2 is 2.11 bits per heavy atom. The van der Waals surface area contributed by atoms with Crippen LogP contribution in [0, 0.1) is 17.7 Å². The molecule has 1 saturated heterocycles. The van der Waals surface area contributed by atoms with E-state index in [9.17, 15) is 14.0 Å². The van der Waals surface area contributed by atoms with E-state index in [-0.39, 0.29) is 22.5 Å². The third kappa shape index (κ3) is 2.63. The van der Waals surface area contributed by atoms with Gasteiger partial charge in [-0.2, -0.15) is 0 Å². The molecule has 0 bridgehead atoms. The van der Waals surface area contributed by atoms with Crippen LogP contribution in [-0.4, -0.2) is 35.0 Å². The SMILES string of the molecule is C[C@@H]1CN(C(=O)c2cccc(Br)c2F)C[C@H]1C(=O)O. The molecule has 1 amide bonds. The summed E-state index contributed by atoms with van der Waals surface area (Å²) in [4.78, 5) is 24.6. The van der Waals surface area contributed by atoms with Crippen LogP contribution >= 0.6 is 15.9 Å². The Kier molecular flexibility index (Phi) is 3.89. The van der Waals surface area contributed by atoms with Crippen molar-refractivity contribution in [1.82, 2.24) is 4.90 Å². The van der Waals surface area contributed by atoms with Gasteiger partial charge in [-0.15, -0.1) is 0 Å². The number of carboxylic acids is 1. The van der Waals surface area contributed by atoms with Gasteiger partial charge < -0.3 is 10.0 Å². The van der Waals surface area contributed by atoms with Crippen LogP contribution in [0.1, 0.15) is 17.3 Å². The second-order valence-electron chi connectivity index (χ2n) is 4.73. The Balaban J connectivity index is 2.22. The van der Waals surface area contributed by atoms with E-state index in [1.165, 1.54) is 17.0 Å². The monoisotopic (exact) mass is 329 g/mol. The number of rotatable bonds is 2. The maximum Gasteiger partial charge on any atom is 0.308 e. The number of nitrogens with zero attached hydrogens (tertiary/aromatic N) is 1. The third-order valence-corrected chi connectivity index (χ3v) is 4.01. The number of carboxylic acid groups (broad SMARTS) is 1. The molecule has 1 aliphatic rings. The maximum atomic E-state index is 13.8. The summed E-state index contributed by atoms with van der Waals surface area (Å²) in [6, 6.07) is 4.49. The molecule has 6 heteroatoms. The number of amides is 1. The summed E-state index contributed by atoms with van der Waals surface area (Å²) in [6.45, 7) is 2.24. The zero-order chi connectivity index (χ0) is 14.2. The Morgan fingerprint density at radius 3 is 2.68 bits per heavy atom. The molecule has 4 nitrogen and oxygen atoms in total. The van der Waals surface area contributed by atoms with Crippen LogP contribution < -0.4 is 0 Å². The molecule has 1 aromatic rings. The topological polar surface area (TPSA) is 57.6 Å². The average Bonchev–Trinajstić information content (AvgIpc) is 2.74. The van der Waals surface area contributed by atoms with E-state index in [1.807, 2.05) is 0 Å². The van der Waals surface area contributed by atoms with Gasteiger partial charge in [-0.3, -0.25) is 9.59 Å². The summed E-state index contributed by atoms with van der Waals surface area (Å²) < 4.78 is 14.1. The first-order chi connectivity index (χ1) is 8.91. The van der Waals surface area contributed by atoms with Crippen LogP contribution in [-0.2, 0) is 4.79 Å². The fourth-order valence-corrected chi connectivity index (χ4v) is 2.66. The number of likely N-dealkylation sites (tertiary alicyclic amines) is 1. The quantitative estimate of drug-likeness (QED) is 0.906. The van der Waals surface area contributed by atoms with Gasteiger partial charge in [0.15, 0.2) is 0 Å². The first-order valence-corrected chi connectivity index (χ1v) is 6.67. The number of benzene rings is 1. The summed E-state index contributed by atoms with van der Waals surface area (Å²) in [5, 5.41) is 9.03. The van der Waals surface area contributed by atoms with Crippen molar-refractivity contribution in [3.8, 4) is 0 Å². The normalized spacial score (nSPS) is 22.6. The fourth-order valence-electron chi connectivity index (χ4n) is 2.29. The maximum absolute atomic E-state index is 13.8. The summed E-state index contributed by atoms with van der Waals surface area (Å²) in [5.41, 5.74) is -0.0346. The fraction of sp³-hybridized carbons (Fsp3) is 0.385. The standard InChI is InChI=1S/C13H13BrFNO3/c1-7-5-16(6-9(7)13(18)19)12(17)8-3-2-4-10(14)11(8)15/h2-4,7,9H,5-6H2,1H3,(H,18,19)/t7-,9-/m1/s1. The second kappa shape index (κ2) is 5.28. The Hall–Kier alpha value is -1.43. The first kappa shape index (κ1) is 14.0. The molecular weight excluding hydrogens is 317 g/mol. The Morgan fingerprint density at radius 1 is 1.42 bits per heavy atom. The van der Waals surface area contributed by atoms with Gasteiger partial charge in [0.1, 0.15) is 5.82 Å². The molecule has 19 heavy (non-hydrogen) atoms. The predicted octanol–water partition coefficient (Wildman–Crippen LogP) is 2.38.